The van der Waals surface area contributed by atoms with Crippen LogP contribution in [0.25, 0.3) is 0 Å². The number of rotatable bonds is 3. The quantitative estimate of drug-likeness (QED) is 0.854. The molecular formula is C17H22F3N3O3. The van der Waals surface area contributed by atoms with E-state index in [1.165, 1.54) is 0 Å². The molecule has 2 rings (SSSR count). The first kappa shape index (κ1) is 19.9. The van der Waals surface area contributed by atoms with E-state index in [-0.39, 0.29) is 0 Å². The number of carboxylic acids is 1. The normalized spacial score (nSPS) is 20.2. The average Bonchev–Trinajstić information content (AvgIpc) is 2.96. The minimum Gasteiger partial charge on any atom is -0.481 e. The third kappa shape index (κ3) is 4.03. The van der Waals surface area contributed by atoms with Gasteiger partial charge in [-0.2, -0.15) is 13.2 Å². The van der Waals surface area contributed by atoms with E-state index in [2.05, 4.69) is 5.32 Å². The van der Waals surface area contributed by atoms with Crippen LogP contribution in [0.1, 0.15) is 11.1 Å². The van der Waals surface area contributed by atoms with Gasteiger partial charge >= 0.3 is 18.2 Å². The van der Waals surface area contributed by atoms with Crippen LogP contribution in [0.5, 0.6) is 0 Å². The Kier molecular flexibility index (Phi) is 5.39. The van der Waals surface area contributed by atoms with E-state index in [1.807, 2.05) is 31.1 Å². The third-order valence-corrected chi connectivity index (χ3v) is 4.61. The highest BCUT2D eigenvalue weighted by Crippen LogP contribution is 2.38. The van der Waals surface area contributed by atoms with Crippen LogP contribution in [0, 0.1) is 25.7 Å². The van der Waals surface area contributed by atoms with E-state index in [0.29, 0.717) is 5.69 Å². The summed E-state index contributed by atoms with van der Waals surface area (Å²) in [6.45, 7) is 2.44. The summed E-state index contributed by atoms with van der Waals surface area (Å²) < 4.78 is 39.2. The van der Waals surface area contributed by atoms with Crippen molar-refractivity contribution < 1.29 is 27.9 Å². The summed E-state index contributed by atoms with van der Waals surface area (Å²) in [4.78, 5) is 26.4. The second-order valence-corrected chi connectivity index (χ2v) is 6.78. The fourth-order valence-corrected chi connectivity index (χ4v) is 3.13. The number of hydrogen-bond acceptors (Lipinski definition) is 3. The molecule has 26 heavy (non-hydrogen) atoms. The van der Waals surface area contributed by atoms with Crippen molar-refractivity contribution in [3.8, 4) is 0 Å². The average molecular weight is 373 g/mol. The first-order chi connectivity index (χ1) is 11.9. The lowest BCUT2D eigenvalue weighted by Crippen LogP contribution is -2.35. The number of benzene rings is 1. The zero-order valence-corrected chi connectivity index (χ0v) is 15.0. The zero-order valence-electron chi connectivity index (χ0n) is 15.0. The van der Waals surface area contributed by atoms with Crippen LogP contribution in [0.15, 0.2) is 12.1 Å². The van der Waals surface area contributed by atoms with Gasteiger partial charge in [-0.3, -0.25) is 4.79 Å². The fourth-order valence-electron chi connectivity index (χ4n) is 3.13. The number of carboxylic acid groups (broad SMARTS) is 1. The molecule has 0 unspecified atom stereocenters. The number of amides is 2. The number of carbonyl (C=O) groups is 2. The van der Waals surface area contributed by atoms with E-state index in [9.17, 15) is 22.8 Å². The Labute approximate surface area is 149 Å². The SMILES string of the molecule is Cc1cc(N(C)C)cc(C)c1NC(=O)N1C[C@@H](C(F)(F)F)[C@H](C(=O)O)C1. The molecule has 1 aromatic carbocycles. The number of aryl methyl sites for hydroxylation is 2. The molecule has 6 nitrogen and oxygen atoms in total. The highest BCUT2D eigenvalue weighted by atomic mass is 19.4. The van der Waals surface area contributed by atoms with Crippen LogP contribution in [0.3, 0.4) is 0 Å². The molecule has 0 saturated carbocycles. The summed E-state index contributed by atoms with van der Waals surface area (Å²) in [5, 5.41) is 11.7. The highest BCUT2D eigenvalue weighted by Gasteiger charge is 2.53. The molecule has 0 aromatic heterocycles. The van der Waals surface area contributed by atoms with Crippen molar-refractivity contribution in [1.82, 2.24) is 4.90 Å². The number of nitrogens with zero attached hydrogens (tertiary/aromatic N) is 2. The number of hydrogen-bond donors (Lipinski definition) is 2. The molecule has 144 valence electrons. The van der Waals surface area contributed by atoms with Gasteiger partial charge in [-0.25, -0.2) is 4.79 Å². The van der Waals surface area contributed by atoms with Gasteiger partial charge in [0, 0.05) is 38.6 Å². The molecule has 0 spiro atoms. The van der Waals surface area contributed by atoms with Crippen LogP contribution < -0.4 is 10.2 Å². The molecule has 1 saturated heterocycles. The number of alkyl halides is 3. The van der Waals surface area contributed by atoms with Gasteiger partial charge in [-0.1, -0.05) is 0 Å². The summed E-state index contributed by atoms with van der Waals surface area (Å²) in [5.41, 5.74) is 2.98. The molecule has 1 heterocycles. The first-order valence-electron chi connectivity index (χ1n) is 8.05. The Bertz CT molecular complexity index is 696. The first-order valence-corrected chi connectivity index (χ1v) is 8.05. The van der Waals surface area contributed by atoms with E-state index in [1.54, 1.807) is 13.8 Å². The molecule has 1 aliphatic rings. The van der Waals surface area contributed by atoms with Gasteiger partial charge in [0.2, 0.25) is 0 Å². The summed E-state index contributed by atoms with van der Waals surface area (Å²) in [7, 11) is 3.75. The van der Waals surface area contributed by atoms with Crippen LogP contribution >= 0.6 is 0 Å². The highest BCUT2D eigenvalue weighted by molar-refractivity contribution is 5.92. The van der Waals surface area contributed by atoms with Crippen molar-refractivity contribution in [2.75, 3.05) is 37.4 Å². The summed E-state index contributed by atoms with van der Waals surface area (Å²) in [6, 6.07) is 2.97. The van der Waals surface area contributed by atoms with Gasteiger partial charge in [0.1, 0.15) is 0 Å². The van der Waals surface area contributed by atoms with E-state index >= 15 is 0 Å². The van der Waals surface area contributed by atoms with Crippen molar-refractivity contribution in [1.29, 1.82) is 0 Å². The third-order valence-electron chi connectivity index (χ3n) is 4.61. The number of nitrogens with one attached hydrogen (secondary N) is 1. The van der Waals surface area contributed by atoms with E-state index in [4.69, 9.17) is 5.11 Å². The predicted molar refractivity (Wildman–Crippen MR) is 91.5 cm³/mol. The molecule has 0 aliphatic carbocycles. The van der Waals surface area contributed by atoms with Crippen molar-refractivity contribution >= 4 is 23.4 Å². The summed E-state index contributed by atoms with van der Waals surface area (Å²) >= 11 is 0. The summed E-state index contributed by atoms with van der Waals surface area (Å²) in [6.07, 6.45) is -4.67. The Balaban J connectivity index is 2.20. The number of aliphatic carboxylic acids is 1. The maximum absolute atomic E-state index is 13.1. The molecule has 0 bridgehead atoms. The number of urea groups is 1. The number of anilines is 2. The Morgan fingerprint density at radius 2 is 1.73 bits per heavy atom. The zero-order chi connectivity index (χ0) is 19.8. The standard InChI is InChI=1S/C17H22F3N3O3/c1-9-5-11(22(3)4)6-10(2)14(9)21-16(26)23-7-12(15(24)25)13(8-23)17(18,19)20/h5-6,12-13H,7-8H2,1-4H3,(H,21,26)(H,24,25)/t12-,13-/m1/s1. The van der Waals surface area contributed by atoms with Crippen molar-refractivity contribution in [2.24, 2.45) is 11.8 Å². The lowest BCUT2D eigenvalue weighted by molar-refractivity contribution is -0.187. The summed E-state index contributed by atoms with van der Waals surface area (Å²) in [5.74, 6) is -5.27. The van der Waals surface area contributed by atoms with Crippen molar-refractivity contribution in [3.63, 3.8) is 0 Å². The Hall–Kier alpha value is -2.45. The minimum absolute atomic E-state index is 0.473. The molecule has 0 radical (unpaired) electrons. The molecule has 9 heteroatoms. The van der Waals surface area contributed by atoms with Gasteiger partial charge in [0.25, 0.3) is 0 Å². The van der Waals surface area contributed by atoms with Crippen molar-refractivity contribution in [3.05, 3.63) is 23.3 Å². The van der Waals surface area contributed by atoms with Gasteiger partial charge < -0.3 is 20.2 Å². The largest absolute Gasteiger partial charge is 0.481 e. The molecule has 2 atom stereocenters. The molecule has 1 fully saturated rings. The number of likely N-dealkylation sites (tertiary alicyclic amines) is 1. The molecular weight excluding hydrogens is 351 g/mol. The van der Waals surface area contributed by atoms with Crippen LogP contribution in [-0.2, 0) is 4.79 Å². The fraction of sp³-hybridized carbons (Fsp3) is 0.529. The Morgan fingerprint density at radius 1 is 1.19 bits per heavy atom. The monoisotopic (exact) mass is 373 g/mol. The molecule has 2 N–H and O–H groups in total. The van der Waals surface area contributed by atoms with Gasteiger partial charge in [-0.05, 0) is 37.1 Å². The second kappa shape index (κ2) is 7.05. The van der Waals surface area contributed by atoms with Crippen LogP contribution in [0.4, 0.5) is 29.3 Å². The molecule has 1 aliphatic heterocycles. The smallest absolute Gasteiger partial charge is 0.394 e. The maximum atomic E-state index is 13.1. The molecule has 1 aromatic rings. The second-order valence-electron chi connectivity index (χ2n) is 6.78. The maximum Gasteiger partial charge on any atom is 0.394 e. The minimum atomic E-state index is -4.67. The van der Waals surface area contributed by atoms with Gasteiger partial charge in [0.05, 0.1) is 11.8 Å². The predicted octanol–water partition coefficient (Wildman–Crippen LogP) is 3.10. The lowest BCUT2D eigenvalue weighted by atomic mass is 9.96. The van der Waals surface area contributed by atoms with Crippen LogP contribution in [0.2, 0.25) is 0 Å². The lowest BCUT2D eigenvalue weighted by Gasteiger charge is -2.21. The molecule has 2 amide bonds. The van der Waals surface area contributed by atoms with E-state index < -0.39 is 43.1 Å². The number of halogens is 3. The van der Waals surface area contributed by atoms with Gasteiger partial charge in [-0.15, -0.1) is 0 Å². The topological polar surface area (TPSA) is 72.9 Å². The van der Waals surface area contributed by atoms with Gasteiger partial charge in [0.15, 0.2) is 0 Å². The van der Waals surface area contributed by atoms with Crippen LogP contribution in [-0.4, -0.2) is 55.4 Å². The number of carbonyl (C=O) groups excluding carboxylic acids is 1. The van der Waals surface area contributed by atoms with E-state index in [0.717, 1.165) is 21.7 Å². The van der Waals surface area contributed by atoms with Crippen molar-refractivity contribution in [2.45, 2.75) is 20.0 Å². The Morgan fingerprint density at radius 3 is 2.12 bits per heavy atom.